The number of nitrogens with zero attached hydrogens (tertiary/aromatic N) is 1. The first kappa shape index (κ1) is 20.0. The second kappa shape index (κ2) is 8.59. The van der Waals surface area contributed by atoms with Crippen LogP contribution in [0.3, 0.4) is 0 Å². The standard InChI is InChI=1S/C24H21ClN2O3/c1-16-2-10-21(11-3-16)30-22-12-6-19(7-13-22)26-24(29)17-14-23(28)27(15-17)20-8-4-18(25)5-9-20/h2-13,17H,14-15H2,1H3,(H,26,29)/t17-/m1/s1. The van der Waals surface area contributed by atoms with Crippen LogP contribution in [0.4, 0.5) is 11.4 Å². The lowest BCUT2D eigenvalue weighted by atomic mass is 10.1. The van der Waals surface area contributed by atoms with Gasteiger partial charge in [-0.2, -0.15) is 0 Å². The minimum Gasteiger partial charge on any atom is -0.457 e. The van der Waals surface area contributed by atoms with E-state index in [0.717, 1.165) is 11.4 Å². The normalized spacial score (nSPS) is 15.9. The minimum absolute atomic E-state index is 0.0701. The summed E-state index contributed by atoms with van der Waals surface area (Å²) in [5, 5.41) is 3.50. The molecule has 1 aliphatic heterocycles. The summed E-state index contributed by atoms with van der Waals surface area (Å²) in [6, 6.07) is 22.0. The van der Waals surface area contributed by atoms with Crippen molar-refractivity contribution in [3.63, 3.8) is 0 Å². The minimum atomic E-state index is -0.406. The van der Waals surface area contributed by atoms with Crippen LogP contribution in [0.2, 0.25) is 5.02 Å². The summed E-state index contributed by atoms with van der Waals surface area (Å²) in [6.45, 7) is 2.37. The molecule has 30 heavy (non-hydrogen) atoms. The van der Waals surface area contributed by atoms with Gasteiger partial charge in [-0.15, -0.1) is 0 Å². The second-order valence-corrected chi connectivity index (χ2v) is 7.75. The molecule has 1 fully saturated rings. The molecule has 2 amide bonds. The van der Waals surface area contributed by atoms with Crippen LogP contribution >= 0.6 is 11.6 Å². The molecule has 0 radical (unpaired) electrons. The van der Waals surface area contributed by atoms with Gasteiger partial charge in [0.05, 0.1) is 5.92 Å². The number of rotatable bonds is 5. The van der Waals surface area contributed by atoms with E-state index in [1.807, 2.05) is 31.2 Å². The Kier molecular flexibility index (Phi) is 5.72. The van der Waals surface area contributed by atoms with Gasteiger partial charge < -0.3 is 15.0 Å². The molecule has 0 saturated carbocycles. The number of aryl methyl sites for hydroxylation is 1. The van der Waals surface area contributed by atoms with Gasteiger partial charge in [0.15, 0.2) is 0 Å². The van der Waals surface area contributed by atoms with Crippen LogP contribution < -0.4 is 15.0 Å². The molecule has 3 aromatic rings. The number of hydrogen-bond acceptors (Lipinski definition) is 3. The predicted octanol–water partition coefficient (Wildman–Crippen LogP) is 5.43. The monoisotopic (exact) mass is 420 g/mol. The maximum absolute atomic E-state index is 12.7. The van der Waals surface area contributed by atoms with E-state index in [0.29, 0.717) is 23.0 Å². The van der Waals surface area contributed by atoms with Gasteiger partial charge in [-0.25, -0.2) is 0 Å². The number of benzene rings is 3. The molecule has 1 saturated heterocycles. The number of halogens is 1. The van der Waals surface area contributed by atoms with Crippen molar-refractivity contribution in [1.82, 2.24) is 0 Å². The van der Waals surface area contributed by atoms with Crippen molar-refractivity contribution in [3.8, 4) is 11.5 Å². The molecule has 0 unspecified atom stereocenters. The summed E-state index contributed by atoms with van der Waals surface area (Å²) in [5.41, 5.74) is 2.58. The van der Waals surface area contributed by atoms with E-state index in [9.17, 15) is 9.59 Å². The Labute approximate surface area is 180 Å². The molecule has 5 nitrogen and oxygen atoms in total. The van der Waals surface area contributed by atoms with Crippen LogP contribution in [0.5, 0.6) is 11.5 Å². The Hall–Kier alpha value is -3.31. The van der Waals surface area contributed by atoms with Crippen LogP contribution in [0.25, 0.3) is 0 Å². The largest absolute Gasteiger partial charge is 0.457 e. The first-order valence-corrected chi connectivity index (χ1v) is 10.1. The summed E-state index contributed by atoms with van der Waals surface area (Å²) >= 11 is 5.91. The van der Waals surface area contributed by atoms with E-state index in [1.54, 1.807) is 53.4 Å². The average molecular weight is 421 g/mol. The molecule has 0 aromatic heterocycles. The molecule has 0 spiro atoms. The van der Waals surface area contributed by atoms with Crippen LogP contribution in [0.15, 0.2) is 72.8 Å². The predicted molar refractivity (Wildman–Crippen MR) is 118 cm³/mol. The van der Waals surface area contributed by atoms with E-state index in [4.69, 9.17) is 16.3 Å². The molecule has 1 heterocycles. The molecule has 152 valence electrons. The summed E-state index contributed by atoms with van der Waals surface area (Å²) in [5.74, 6) is 0.786. The number of carbonyl (C=O) groups excluding carboxylic acids is 2. The Morgan fingerprint density at radius 3 is 2.20 bits per heavy atom. The zero-order valence-corrected chi connectivity index (χ0v) is 17.2. The van der Waals surface area contributed by atoms with Gasteiger partial charge in [-0.05, 0) is 67.6 Å². The second-order valence-electron chi connectivity index (χ2n) is 7.31. The van der Waals surface area contributed by atoms with E-state index in [1.165, 1.54) is 5.56 Å². The Balaban J connectivity index is 1.36. The average Bonchev–Trinajstić information content (AvgIpc) is 3.13. The topological polar surface area (TPSA) is 58.6 Å². The van der Waals surface area contributed by atoms with Crippen molar-refractivity contribution in [2.75, 3.05) is 16.8 Å². The quantitative estimate of drug-likeness (QED) is 0.598. The third-order valence-electron chi connectivity index (χ3n) is 5.01. The number of hydrogen-bond donors (Lipinski definition) is 1. The van der Waals surface area contributed by atoms with Crippen LogP contribution in [-0.2, 0) is 9.59 Å². The van der Waals surface area contributed by atoms with Crippen molar-refractivity contribution in [1.29, 1.82) is 0 Å². The van der Waals surface area contributed by atoms with Crippen LogP contribution in [-0.4, -0.2) is 18.4 Å². The zero-order valence-electron chi connectivity index (χ0n) is 16.5. The Morgan fingerprint density at radius 1 is 0.967 bits per heavy atom. The third kappa shape index (κ3) is 4.63. The number of anilines is 2. The van der Waals surface area contributed by atoms with E-state index < -0.39 is 5.92 Å². The lowest BCUT2D eigenvalue weighted by molar-refractivity contribution is -0.122. The van der Waals surface area contributed by atoms with Crippen LogP contribution in [0.1, 0.15) is 12.0 Å². The van der Waals surface area contributed by atoms with E-state index in [2.05, 4.69) is 5.32 Å². The molecule has 0 bridgehead atoms. The molecule has 0 aliphatic carbocycles. The Bertz CT molecular complexity index is 1050. The summed E-state index contributed by atoms with van der Waals surface area (Å²) in [7, 11) is 0. The fourth-order valence-electron chi connectivity index (χ4n) is 3.35. The fraction of sp³-hybridized carbons (Fsp3) is 0.167. The highest BCUT2D eigenvalue weighted by molar-refractivity contribution is 6.30. The molecular formula is C24H21ClN2O3. The number of amides is 2. The third-order valence-corrected chi connectivity index (χ3v) is 5.26. The molecule has 4 rings (SSSR count). The van der Waals surface area contributed by atoms with Crippen molar-refractivity contribution in [3.05, 3.63) is 83.4 Å². The van der Waals surface area contributed by atoms with Gasteiger partial charge in [0, 0.05) is 29.4 Å². The molecule has 1 atom stereocenters. The van der Waals surface area contributed by atoms with Crippen molar-refractivity contribution in [2.45, 2.75) is 13.3 Å². The lowest BCUT2D eigenvalue weighted by Gasteiger charge is -2.17. The van der Waals surface area contributed by atoms with Crippen molar-refractivity contribution < 1.29 is 14.3 Å². The SMILES string of the molecule is Cc1ccc(Oc2ccc(NC(=O)[C@@H]3CC(=O)N(c4ccc(Cl)cc4)C3)cc2)cc1. The van der Waals surface area contributed by atoms with E-state index in [-0.39, 0.29) is 18.2 Å². The number of ether oxygens (including phenoxy) is 1. The van der Waals surface area contributed by atoms with Gasteiger partial charge in [0.1, 0.15) is 11.5 Å². The van der Waals surface area contributed by atoms with Gasteiger partial charge in [0.25, 0.3) is 0 Å². The number of nitrogens with one attached hydrogen (secondary N) is 1. The Morgan fingerprint density at radius 2 is 1.57 bits per heavy atom. The smallest absolute Gasteiger partial charge is 0.229 e. The first-order chi connectivity index (χ1) is 14.5. The first-order valence-electron chi connectivity index (χ1n) is 9.69. The summed E-state index contributed by atoms with van der Waals surface area (Å²) in [6.07, 6.45) is 0.184. The molecular weight excluding hydrogens is 400 g/mol. The highest BCUT2D eigenvalue weighted by Gasteiger charge is 2.35. The molecule has 3 aromatic carbocycles. The van der Waals surface area contributed by atoms with Gasteiger partial charge in [-0.1, -0.05) is 29.3 Å². The zero-order chi connectivity index (χ0) is 21.1. The highest BCUT2D eigenvalue weighted by atomic mass is 35.5. The molecule has 1 aliphatic rings. The maximum atomic E-state index is 12.7. The molecule has 6 heteroatoms. The van der Waals surface area contributed by atoms with Crippen LogP contribution in [0, 0.1) is 12.8 Å². The lowest BCUT2D eigenvalue weighted by Crippen LogP contribution is -2.28. The molecule has 1 N–H and O–H groups in total. The van der Waals surface area contributed by atoms with Gasteiger partial charge >= 0.3 is 0 Å². The summed E-state index contributed by atoms with van der Waals surface area (Å²) in [4.78, 5) is 26.6. The van der Waals surface area contributed by atoms with Crippen molar-refractivity contribution in [2.24, 2.45) is 5.92 Å². The number of carbonyl (C=O) groups is 2. The highest BCUT2D eigenvalue weighted by Crippen LogP contribution is 2.28. The maximum Gasteiger partial charge on any atom is 0.229 e. The van der Waals surface area contributed by atoms with E-state index >= 15 is 0 Å². The summed E-state index contributed by atoms with van der Waals surface area (Å²) < 4.78 is 5.81. The van der Waals surface area contributed by atoms with Gasteiger partial charge in [0.2, 0.25) is 11.8 Å². The van der Waals surface area contributed by atoms with Crippen molar-refractivity contribution >= 4 is 34.8 Å². The van der Waals surface area contributed by atoms with Gasteiger partial charge in [-0.3, -0.25) is 9.59 Å². The fourth-order valence-corrected chi connectivity index (χ4v) is 3.47.